The van der Waals surface area contributed by atoms with Crippen molar-refractivity contribution in [3.8, 4) is 16.4 Å². The first-order valence-electron chi connectivity index (χ1n) is 13.3. The van der Waals surface area contributed by atoms with Gasteiger partial charge in [0.2, 0.25) is 5.13 Å². The van der Waals surface area contributed by atoms with Gasteiger partial charge in [-0.3, -0.25) is 0 Å². The molecular formula is C29H28F2N4O3S2. The highest BCUT2D eigenvalue weighted by molar-refractivity contribution is 7.82. The van der Waals surface area contributed by atoms with E-state index in [2.05, 4.69) is 4.98 Å². The van der Waals surface area contributed by atoms with Crippen molar-refractivity contribution in [2.45, 2.75) is 62.2 Å². The van der Waals surface area contributed by atoms with Crippen LogP contribution in [0.5, 0.6) is 0 Å². The van der Waals surface area contributed by atoms with E-state index < -0.39 is 22.8 Å². The summed E-state index contributed by atoms with van der Waals surface area (Å²) in [6, 6.07) is 9.56. The average Bonchev–Trinajstić information content (AvgIpc) is 3.29. The fourth-order valence-electron chi connectivity index (χ4n) is 5.59. The van der Waals surface area contributed by atoms with Gasteiger partial charge in [0.1, 0.15) is 22.6 Å². The van der Waals surface area contributed by atoms with Crippen LogP contribution in [0.25, 0.3) is 16.4 Å². The highest BCUT2D eigenvalue weighted by Gasteiger charge is 2.30. The highest BCUT2D eigenvalue weighted by atomic mass is 32.2. The molecule has 1 unspecified atom stereocenters. The number of nitrogens with two attached hydrogens (primary N) is 1. The zero-order valence-electron chi connectivity index (χ0n) is 21.6. The Morgan fingerprint density at radius 2 is 1.88 bits per heavy atom. The Kier molecular flexibility index (Phi) is 7.37. The normalized spacial score (nSPS) is 16.5. The van der Waals surface area contributed by atoms with E-state index in [1.807, 2.05) is 6.07 Å². The topological polar surface area (TPSA) is 111 Å². The molecule has 2 aromatic heterocycles. The number of carboxylic acid groups (broad SMARTS) is 1. The number of carboxylic acids is 1. The third kappa shape index (κ3) is 5.37. The second-order valence-electron chi connectivity index (χ2n) is 10.6. The maximum Gasteiger partial charge on any atom is 0.355 e. The van der Waals surface area contributed by atoms with Crippen molar-refractivity contribution < 1.29 is 22.9 Å². The van der Waals surface area contributed by atoms with E-state index in [0.717, 1.165) is 55.3 Å². The van der Waals surface area contributed by atoms with Crippen molar-refractivity contribution in [3.05, 3.63) is 81.5 Å². The lowest BCUT2D eigenvalue weighted by Crippen LogP contribution is -2.07. The molecule has 2 aromatic carbocycles. The molecule has 2 aliphatic rings. The summed E-state index contributed by atoms with van der Waals surface area (Å²) in [5.41, 5.74) is 4.38. The van der Waals surface area contributed by atoms with Crippen LogP contribution in [0.4, 0.5) is 8.78 Å². The zero-order chi connectivity index (χ0) is 28.0. The standard InChI is InChI=1S/C29H28F2N4O3S2/c30-22-9-8-19(14-20(22)18-3-1-2-4-18)27-21(11-17-7-10-26(40(32)38)23(31)12-17)25(13-16-5-6-16)35(34-27)29-33-24(15-39-29)28(36)37/h7-10,12,14-16,18H,1-6,11,13,32H2,(H,36,37). The summed E-state index contributed by atoms with van der Waals surface area (Å²) in [4.78, 5) is 15.8. The van der Waals surface area contributed by atoms with Gasteiger partial charge in [-0.05, 0) is 85.4 Å². The predicted octanol–water partition coefficient (Wildman–Crippen LogP) is 6.15. The van der Waals surface area contributed by atoms with Gasteiger partial charge in [0.15, 0.2) is 5.69 Å². The van der Waals surface area contributed by atoms with Crippen LogP contribution in [0.2, 0.25) is 0 Å². The summed E-state index contributed by atoms with van der Waals surface area (Å²) >= 11 is 1.19. The van der Waals surface area contributed by atoms with Gasteiger partial charge in [-0.15, -0.1) is 11.3 Å². The minimum atomic E-state index is -1.94. The Morgan fingerprint density at radius 3 is 2.52 bits per heavy atom. The van der Waals surface area contributed by atoms with Gasteiger partial charge in [0, 0.05) is 22.9 Å². The minimum Gasteiger partial charge on any atom is -0.476 e. The van der Waals surface area contributed by atoms with Crippen molar-refractivity contribution in [2.24, 2.45) is 11.1 Å². The van der Waals surface area contributed by atoms with Crippen molar-refractivity contribution in [2.75, 3.05) is 0 Å². The molecule has 0 aliphatic heterocycles. The first kappa shape index (κ1) is 26.9. The number of benzene rings is 2. The van der Waals surface area contributed by atoms with Crippen molar-refractivity contribution in [1.29, 1.82) is 0 Å². The van der Waals surface area contributed by atoms with Crippen LogP contribution >= 0.6 is 11.3 Å². The van der Waals surface area contributed by atoms with Gasteiger partial charge < -0.3 is 5.11 Å². The smallest absolute Gasteiger partial charge is 0.355 e. The Bertz CT molecular complexity index is 1620. The molecule has 7 nitrogen and oxygen atoms in total. The number of hydrogen-bond acceptors (Lipinski definition) is 5. The largest absolute Gasteiger partial charge is 0.476 e. The molecule has 2 fully saturated rings. The van der Waals surface area contributed by atoms with Crippen LogP contribution in [-0.4, -0.2) is 30.0 Å². The van der Waals surface area contributed by atoms with E-state index in [1.54, 1.807) is 16.8 Å². The number of thiazole rings is 1. The molecule has 40 heavy (non-hydrogen) atoms. The fraction of sp³-hybridized carbons (Fsp3) is 0.345. The summed E-state index contributed by atoms with van der Waals surface area (Å²) in [7, 11) is -1.94. The number of carbonyl (C=O) groups is 1. The van der Waals surface area contributed by atoms with Crippen LogP contribution in [0.1, 0.15) is 77.3 Å². The van der Waals surface area contributed by atoms with Gasteiger partial charge >= 0.3 is 5.97 Å². The first-order valence-corrected chi connectivity index (χ1v) is 15.4. The highest BCUT2D eigenvalue weighted by Crippen LogP contribution is 2.40. The van der Waals surface area contributed by atoms with Crippen LogP contribution in [0, 0.1) is 17.6 Å². The van der Waals surface area contributed by atoms with E-state index in [0.29, 0.717) is 40.7 Å². The van der Waals surface area contributed by atoms with E-state index in [1.165, 1.54) is 34.9 Å². The number of halogens is 2. The molecule has 4 aromatic rings. The number of aromatic nitrogens is 3. The van der Waals surface area contributed by atoms with Crippen LogP contribution < -0.4 is 5.14 Å². The lowest BCUT2D eigenvalue weighted by molar-refractivity contribution is 0.0691. The van der Waals surface area contributed by atoms with Crippen molar-refractivity contribution in [3.63, 3.8) is 0 Å². The molecule has 0 radical (unpaired) electrons. The molecule has 0 saturated heterocycles. The zero-order valence-corrected chi connectivity index (χ0v) is 23.2. The molecular weight excluding hydrogens is 554 g/mol. The molecule has 11 heteroatoms. The van der Waals surface area contributed by atoms with Gasteiger partial charge in [-0.25, -0.2) is 32.6 Å². The van der Waals surface area contributed by atoms with Crippen molar-refractivity contribution >= 4 is 28.3 Å². The van der Waals surface area contributed by atoms with E-state index in [-0.39, 0.29) is 22.3 Å². The second kappa shape index (κ2) is 10.9. The van der Waals surface area contributed by atoms with E-state index in [4.69, 9.17) is 10.2 Å². The molecule has 2 heterocycles. The number of hydrogen-bond donors (Lipinski definition) is 2. The quantitative estimate of drug-likeness (QED) is 0.246. The SMILES string of the molecule is NS(=O)c1ccc(Cc2c(-c3ccc(F)c(C4CCCC4)c3)nn(-c3nc(C(=O)O)cs3)c2CC2CC2)cc1F. The van der Waals surface area contributed by atoms with Crippen LogP contribution in [-0.2, 0) is 23.8 Å². The molecule has 208 valence electrons. The average molecular weight is 583 g/mol. The van der Waals surface area contributed by atoms with Gasteiger partial charge in [0.25, 0.3) is 0 Å². The van der Waals surface area contributed by atoms with Gasteiger partial charge in [-0.2, -0.15) is 5.10 Å². The Hall–Kier alpha value is -3.28. The lowest BCUT2D eigenvalue weighted by Gasteiger charge is -2.13. The Labute approximate surface area is 236 Å². The molecule has 2 saturated carbocycles. The number of rotatable bonds is 9. The molecule has 1 atom stereocenters. The monoisotopic (exact) mass is 582 g/mol. The third-order valence-electron chi connectivity index (χ3n) is 7.82. The van der Waals surface area contributed by atoms with Gasteiger partial charge in [0.05, 0.1) is 16.3 Å². The molecule has 0 spiro atoms. The maximum atomic E-state index is 15.0. The summed E-state index contributed by atoms with van der Waals surface area (Å²) in [6.07, 6.45) is 7.21. The summed E-state index contributed by atoms with van der Waals surface area (Å²) < 4.78 is 43.1. The molecule has 6 rings (SSSR count). The van der Waals surface area contributed by atoms with Gasteiger partial charge in [-0.1, -0.05) is 18.9 Å². The summed E-state index contributed by atoms with van der Waals surface area (Å²) in [5.74, 6) is -1.37. The molecule has 0 bridgehead atoms. The lowest BCUT2D eigenvalue weighted by atomic mass is 9.92. The third-order valence-corrected chi connectivity index (χ3v) is 9.40. The molecule has 0 amide bonds. The first-order chi connectivity index (χ1) is 19.3. The predicted molar refractivity (Wildman–Crippen MR) is 149 cm³/mol. The Morgan fingerprint density at radius 1 is 1.10 bits per heavy atom. The van der Waals surface area contributed by atoms with E-state index >= 15 is 0 Å². The second-order valence-corrected chi connectivity index (χ2v) is 12.5. The minimum absolute atomic E-state index is 0.0614. The summed E-state index contributed by atoms with van der Waals surface area (Å²) in [6.45, 7) is 0. The van der Waals surface area contributed by atoms with Crippen LogP contribution in [0.15, 0.2) is 46.7 Å². The number of nitrogens with zero attached hydrogens (tertiary/aromatic N) is 3. The van der Waals surface area contributed by atoms with Crippen molar-refractivity contribution in [1.82, 2.24) is 14.8 Å². The molecule has 3 N–H and O–H groups in total. The number of aromatic carboxylic acids is 1. The van der Waals surface area contributed by atoms with Crippen LogP contribution in [0.3, 0.4) is 0 Å². The van der Waals surface area contributed by atoms with E-state index in [9.17, 15) is 22.9 Å². The summed E-state index contributed by atoms with van der Waals surface area (Å²) in [5, 5.41) is 21.7. The fourth-order valence-corrected chi connectivity index (χ4v) is 6.81. The Balaban J connectivity index is 1.51. The molecule has 2 aliphatic carbocycles. The maximum absolute atomic E-state index is 15.0.